The van der Waals surface area contributed by atoms with Gasteiger partial charge in [-0.25, -0.2) is 4.79 Å². The van der Waals surface area contributed by atoms with Crippen LogP contribution in [0, 0.1) is 6.92 Å². The molecule has 4 heteroatoms. The molecule has 0 saturated carbocycles. The second-order valence-corrected chi connectivity index (χ2v) is 3.68. The molecule has 0 aromatic heterocycles. The van der Waals surface area contributed by atoms with Gasteiger partial charge >= 0.3 is 5.97 Å². The maximum atomic E-state index is 11.7. The molecule has 0 saturated heterocycles. The van der Waals surface area contributed by atoms with E-state index in [1.807, 2.05) is 13.0 Å². The van der Waals surface area contributed by atoms with Crippen LogP contribution in [0.2, 0.25) is 0 Å². The first-order valence-corrected chi connectivity index (χ1v) is 5.41. The summed E-state index contributed by atoms with van der Waals surface area (Å²) in [5, 5.41) is 3.21. The van der Waals surface area contributed by atoms with Crippen LogP contribution in [0.3, 0.4) is 0 Å². The number of carbonyl (C=O) groups excluding carboxylic acids is 1. The predicted molar refractivity (Wildman–Crippen MR) is 61.1 cm³/mol. The molecule has 0 aliphatic carbocycles. The van der Waals surface area contributed by atoms with Crippen molar-refractivity contribution < 1.29 is 14.3 Å². The first-order chi connectivity index (χ1) is 7.72. The molecule has 1 heterocycles. The fourth-order valence-corrected chi connectivity index (χ4v) is 1.76. The molecule has 0 spiro atoms. The summed E-state index contributed by atoms with van der Waals surface area (Å²) in [6.07, 6.45) is 0. The third-order valence-electron chi connectivity index (χ3n) is 2.39. The molecule has 1 N–H and O–H groups in total. The van der Waals surface area contributed by atoms with Gasteiger partial charge < -0.3 is 14.8 Å². The van der Waals surface area contributed by atoms with Crippen LogP contribution in [0.15, 0.2) is 12.1 Å². The second-order valence-electron chi connectivity index (χ2n) is 3.68. The fourth-order valence-electron chi connectivity index (χ4n) is 1.76. The summed E-state index contributed by atoms with van der Waals surface area (Å²) in [4.78, 5) is 11.7. The topological polar surface area (TPSA) is 47.6 Å². The number of nitrogens with one attached hydrogen (secondary N) is 1. The summed E-state index contributed by atoms with van der Waals surface area (Å²) in [5.74, 6) is 0.279. The van der Waals surface area contributed by atoms with Crippen LogP contribution in [-0.2, 0) is 4.74 Å². The highest BCUT2D eigenvalue weighted by molar-refractivity contribution is 5.95. The van der Waals surface area contributed by atoms with E-state index in [-0.39, 0.29) is 5.97 Å². The number of rotatable bonds is 2. The third kappa shape index (κ3) is 1.96. The maximum Gasteiger partial charge on any atom is 0.342 e. The normalized spacial score (nSPS) is 13.4. The van der Waals surface area contributed by atoms with E-state index in [0.29, 0.717) is 24.5 Å². The van der Waals surface area contributed by atoms with Gasteiger partial charge in [0, 0.05) is 6.54 Å². The van der Waals surface area contributed by atoms with Crippen molar-refractivity contribution in [3.8, 4) is 5.75 Å². The minimum Gasteiger partial charge on any atom is -0.489 e. The Morgan fingerprint density at radius 3 is 3.12 bits per heavy atom. The van der Waals surface area contributed by atoms with E-state index in [4.69, 9.17) is 9.47 Å². The van der Waals surface area contributed by atoms with Crippen LogP contribution in [-0.4, -0.2) is 25.7 Å². The Bertz CT molecular complexity index is 415. The van der Waals surface area contributed by atoms with Gasteiger partial charge in [0.05, 0.1) is 12.3 Å². The standard InChI is InChI=1S/C12H15NO3/c1-3-15-12(14)9-6-8(2)7-10-11(9)16-5-4-13-10/h6-7,13H,3-5H2,1-2H3. The molecule has 1 aliphatic rings. The van der Waals surface area contributed by atoms with Crippen LogP contribution < -0.4 is 10.1 Å². The van der Waals surface area contributed by atoms with Crippen LogP contribution >= 0.6 is 0 Å². The van der Waals surface area contributed by atoms with Gasteiger partial charge in [-0.2, -0.15) is 0 Å². The van der Waals surface area contributed by atoms with Gasteiger partial charge in [0.25, 0.3) is 0 Å². The van der Waals surface area contributed by atoms with Gasteiger partial charge in [-0.15, -0.1) is 0 Å². The van der Waals surface area contributed by atoms with E-state index < -0.39 is 0 Å². The lowest BCUT2D eigenvalue weighted by Crippen LogP contribution is -2.21. The van der Waals surface area contributed by atoms with Crippen molar-refractivity contribution >= 4 is 11.7 Å². The molecule has 16 heavy (non-hydrogen) atoms. The summed E-state index contributed by atoms with van der Waals surface area (Å²) < 4.78 is 10.5. The van der Waals surface area contributed by atoms with Gasteiger partial charge in [0.2, 0.25) is 0 Å². The highest BCUT2D eigenvalue weighted by atomic mass is 16.5. The zero-order valence-electron chi connectivity index (χ0n) is 9.50. The Morgan fingerprint density at radius 1 is 1.56 bits per heavy atom. The van der Waals surface area contributed by atoms with Crippen molar-refractivity contribution in [2.24, 2.45) is 0 Å². The largest absolute Gasteiger partial charge is 0.489 e. The Hall–Kier alpha value is -1.71. The fraction of sp³-hybridized carbons (Fsp3) is 0.417. The van der Waals surface area contributed by atoms with E-state index in [2.05, 4.69) is 5.32 Å². The Balaban J connectivity index is 2.43. The molecule has 0 atom stereocenters. The number of fused-ring (bicyclic) bond motifs is 1. The van der Waals surface area contributed by atoms with Gasteiger partial charge in [0.15, 0.2) is 5.75 Å². The van der Waals surface area contributed by atoms with E-state index in [1.54, 1.807) is 13.0 Å². The number of benzene rings is 1. The summed E-state index contributed by atoms with van der Waals surface area (Å²) in [6.45, 7) is 5.44. The van der Waals surface area contributed by atoms with Crippen molar-refractivity contribution in [2.75, 3.05) is 25.1 Å². The Morgan fingerprint density at radius 2 is 2.38 bits per heavy atom. The van der Waals surface area contributed by atoms with E-state index in [9.17, 15) is 4.79 Å². The minimum absolute atomic E-state index is 0.328. The van der Waals surface area contributed by atoms with Crippen LogP contribution in [0.5, 0.6) is 5.75 Å². The van der Waals surface area contributed by atoms with Crippen molar-refractivity contribution in [3.05, 3.63) is 23.3 Å². The molecule has 2 rings (SSSR count). The summed E-state index contributed by atoms with van der Waals surface area (Å²) >= 11 is 0. The van der Waals surface area contributed by atoms with Crippen LogP contribution in [0.25, 0.3) is 0 Å². The number of ether oxygens (including phenoxy) is 2. The molecule has 1 aromatic rings. The lowest BCUT2D eigenvalue weighted by atomic mass is 10.1. The molecule has 86 valence electrons. The Kier molecular flexibility index (Phi) is 2.99. The van der Waals surface area contributed by atoms with Gasteiger partial charge in [0.1, 0.15) is 12.2 Å². The number of aryl methyl sites for hydroxylation is 1. The summed E-state index contributed by atoms with van der Waals surface area (Å²) in [7, 11) is 0. The number of esters is 1. The smallest absolute Gasteiger partial charge is 0.342 e. The molecular weight excluding hydrogens is 206 g/mol. The van der Waals surface area contributed by atoms with Crippen molar-refractivity contribution in [1.29, 1.82) is 0 Å². The highest BCUT2D eigenvalue weighted by Crippen LogP contribution is 2.33. The first kappa shape index (κ1) is 10.8. The van der Waals surface area contributed by atoms with Gasteiger partial charge in [-0.1, -0.05) is 0 Å². The molecular formula is C12H15NO3. The van der Waals surface area contributed by atoms with Crippen LogP contribution in [0.1, 0.15) is 22.8 Å². The SMILES string of the molecule is CCOC(=O)c1cc(C)cc2c1OCCN2. The Labute approximate surface area is 94.6 Å². The first-order valence-electron chi connectivity index (χ1n) is 5.41. The molecule has 1 aromatic carbocycles. The van der Waals surface area contributed by atoms with E-state index in [0.717, 1.165) is 17.8 Å². The lowest BCUT2D eigenvalue weighted by molar-refractivity contribution is 0.0521. The minimum atomic E-state index is -0.328. The monoisotopic (exact) mass is 221 g/mol. The van der Waals surface area contributed by atoms with Crippen molar-refractivity contribution in [2.45, 2.75) is 13.8 Å². The number of anilines is 1. The maximum absolute atomic E-state index is 11.7. The number of carbonyl (C=O) groups is 1. The lowest BCUT2D eigenvalue weighted by Gasteiger charge is -2.21. The summed E-state index contributed by atoms with van der Waals surface area (Å²) in [6, 6.07) is 3.76. The molecule has 4 nitrogen and oxygen atoms in total. The molecule has 0 radical (unpaired) electrons. The molecule has 0 amide bonds. The predicted octanol–water partition coefficient (Wildman–Crippen LogP) is 1.98. The average Bonchev–Trinajstić information content (AvgIpc) is 2.28. The number of hydrogen-bond donors (Lipinski definition) is 1. The zero-order chi connectivity index (χ0) is 11.5. The molecule has 0 bridgehead atoms. The molecule has 0 unspecified atom stereocenters. The van der Waals surface area contributed by atoms with Gasteiger partial charge in [-0.3, -0.25) is 0 Å². The molecule has 1 aliphatic heterocycles. The van der Waals surface area contributed by atoms with E-state index >= 15 is 0 Å². The van der Waals surface area contributed by atoms with Crippen molar-refractivity contribution in [3.63, 3.8) is 0 Å². The average molecular weight is 221 g/mol. The third-order valence-corrected chi connectivity index (χ3v) is 2.39. The van der Waals surface area contributed by atoms with Crippen molar-refractivity contribution in [1.82, 2.24) is 0 Å². The zero-order valence-corrected chi connectivity index (χ0v) is 9.50. The quantitative estimate of drug-likeness (QED) is 0.776. The van der Waals surface area contributed by atoms with Gasteiger partial charge in [-0.05, 0) is 31.5 Å². The summed E-state index contributed by atoms with van der Waals surface area (Å²) in [5.41, 5.74) is 2.39. The molecule has 0 fully saturated rings. The van der Waals surface area contributed by atoms with E-state index in [1.165, 1.54) is 0 Å². The number of hydrogen-bond acceptors (Lipinski definition) is 4. The second kappa shape index (κ2) is 4.43. The highest BCUT2D eigenvalue weighted by Gasteiger charge is 2.20. The van der Waals surface area contributed by atoms with Crippen LogP contribution in [0.4, 0.5) is 5.69 Å².